The third-order valence-electron chi connectivity index (χ3n) is 3.14. The fourth-order valence-corrected chi connectivity index (χ4v) is 2.47. The zero-order chi connectivity index (χ0) is 13.1. The Hall–Kier alpha value is -1.56. The van der Waals surface area contributed by atoms with Gasteiger partial charge in [0.25, 0.3) is 0 Å². The van der Waals surface area contributed by atoms with Gasteiger partial charge in [-0.2, -0.15) is 4.98 Å². The molecule has 0 aliphatic heterocycles. The first-order valence-corrected chi connectivity index (χ1v) is 6.25. The third-order valence-corrected chi connectivity index (χ3v) is 3.34. The minimum absolute atomic E-state index is 0.0987. The fraction of sp³-hybridized carbons (Fsp3) is 0.545. The smallest absolute Gasteiger partial charge is 0.347 e. The van der Waals surface area contributed by atoms with Crippen LogP contribution < -0.4 is 16.7 Å². The highest BCUT2D eigenvalue weighted by Crippen LogP contribution is 2.26. The molecular formula is C11H15ClN4O2. The number of hydrogen-bond acceptors (Lipinski definition) is 4. The molecule has 0 spiro atoms. The van der Waals surface area contributed by atoms with Crippen LogP contribution in [0.2, 0.25) is 5.15 Å². The van der Waals surface area contributed by atoms with Crippen molar-refractivity contribution in [2.45, 2.75) is 31.7 Å². The first kappa shape index (κ1) is 12.9. The number of carbonyl (C=O) groups excluding carboxylic acids is 1. The summed E-state index contributed by atoms with van der Waals surface area (Å²) in [5.41, 5.74) is 4.82. The molecule has 1 aliphatic carbocycles. The molecule has 6 nitrogen and oxygen atoms in total. The standard InChI is InChI=1S/C11H15ClN4O2/c12-8-5-9(16-11(18)15-8)14-7-3-1-2-6(4-7)10(13)17/h5-7H,1-4H2,(H2,13,17)(H2,14,15,16,18)/t6-,7+/m1/s1. The molecule has 0 radical (unpaired) electrons. The van der Waals surface area contributed by atoms with Crippen LogP contribution in [-0.4, -0.2) is 21.9 Å². The Labute approximate surface area is 109 Å². The summed E-state index contributed by atoms with van der Waals surface area (Å²) in [5.74, 6) is 0.0611. The van der Waals surface area contributed by atoms with Crippen LogP contribution in [0, 0.1) is 5.92 Å². The minimum atomic E-state index is -0.493. The van der Waals surface area contributed by atoms with Crippen molar-refractivity contribution in [3.63, 3.8) is 0 Å². The van der Waals surface area contributed by atoms with Gasteiger partial charge in [0.05, 0.1) is 0 Å². The zero-order valence-corrected chi connectivity index (χ0v) is 10.5. The second kappa shape index (κ2) is 5.39. The highest BCUT2D eigenvalue weighted by Gasteiger charge is 2.25. The topological polar surface area (TPSA) is 101 Å². The SMILES string of the molecule is NC(=O)[C@@H]1CCC[C@H](Nc2cc(Cl)[nH]c(=O)n2)C1. The number of amides is 1. The Morgan fingerprint density at radius 3 is 3.00 bits per heavy atom. The van der Waals surface area contributed by atoms with E-state index in [1.807, 2.05) is 0 Å². The predicted molar refractivity (Wildman–Crippen MR) is 68.4 cm³/mol. The lowest BCUT2D eigenvalue weighted by atomic mass is 9.85. The first-order chi connectivity index (χ1) is 8.54. The van der Waals surface area contributed by atoms with Gasteiger partial charge >= 0.3 is 5.69 Å². The molecular weight excluding hydrogens is 256 g/mol. The van der Waals surface area contributed by atoms with Crippen LogP contribution in [0.4, 0.5) is 5.82 Å². The number of primary amides is 1. The molecule has 2 rings (SSSR count). The van der Waals surface area contributed by atoms with Gasteiger partial charge in [-0.05, 0) is 19.3 Å². The maximum absolute atomic E-state index is 11.2. The number of hydrogen-bond donors (Lipinski definition) is 3. The molecule has 1 fully saturated rings. The van der Waals surface area contributed by atoms with Crippen LogP contribution in [0.5, 0.6) is 0 Å². The average molecular weight is 271 g/mol. The maximum Gasteiger partial charge on any atom is 0.347 e. The van der Waals surface area contributed by atoms with Gasteiger partial charge in [-0.15, -0.1) is 0 Å². The molecule has 1 heterocycles. The summed E-state index contributed by atoms with van der Waals surface area (Å²) in [6, 6.07) is 1.65. The number of rotatable bonds is 3. The Kier molecular flexibility index (Phi) is 3.86. The van der Waals surface area contributed by atoms with E-state index in [2.05, 4.69) is 15.3 Å². The molecule has 1 saturated carbocycles. The number of nitrogens with one attached hydrogen (secondary N) is 2. The van der Waals surface area contributed by atoms with Crippen LogP contribution in [0.3, 0.4) is 0 Å². The van der Waals surface area contributed by atoms with E-state index >= 15 is 0 Å². The lowest BCUT2D eigenvalue weighted by molar-refractivity contribution is -0.122. The number of H-pyrrole nitrogens is 1. The van der Waals surface area contributed by atoms with E-state index in [4.69, 9.17) is 17.3 Å². The van der Waals surface area contributed by atoms with Crippen LogP contribution in [-0.2, 0) is 4.79 Å². The number of halogens is 1. The second-order valence-corrected chi connectivity index (χ2v) is 4.93. The summed E-state index contributed by atoms with van der Waals surface area (Å²) in [5, 5.41) is 3.36. The van der Waals surface area contributed by atoms with Crippen molar-refractivity contribution in [1.82, 2.24) is 9.97 Å². The van der Waals surface area contributed by atoms with Crippen molar-refractivity contribution < 1.29 is 4.79 Å². The van der Waals surface area contributed by atoms with Gasteiger partial charge in [-0.25, -0.2) is 4.79 Å². The summed E-state index contributed by atoms with van der Waals surface area (Å²) in [6.45, 7) is 0. The molecule has 1 aromatic rings. The van der Waals surface area contributed by atoms with E-state index in [-0.39, 0.29) is 23.0 Å². The molecule has 1 amide bonds. The van der Waals surface area contributed by atoms with E-state index in [1.54, 1.807) is 6.07 Å². The lowest BCUT2D eigenvalue weighted by Gasteiger charge is -2.28. The van der Waals surface area contributed by atoms with Gasteiger partial charge in [0.1, 0.15) is 11.0 Å². The lowest BCUT2D eigenvalue weighted by Crippen LogP contribution is -2.34. The molecule has 98 valence electrons. The van der Waals surface area contributed by atoms with Crippen molar-refractivity contribution in [3.8, 4) is 0 Å². The Balaban J connectivity index is 2.04. The summed E-state index contributed by atoms with van der Waals surface area (Å²) in [6.07, 6.45) is 3.36. The number of nitrogens with zero attached hydrogens (tertiary/aromatic N) is 1. The molecule has 18 heavy (non-hydrogen) atoms. The zero-order valence-electron chi connectivity index (χ0n) is 9.78. The van der Waals surface area contributed by atoms with Gasteiger partial charge in [0.2, 0.25) is 5.91 Å². The van der Waals surface area contributed by atoms with E-state index < -0.39 is 5.69 Å². The molecule has 2 atom stereocenters. The summed E-state index contributed by atoms with van der Waals surface area (Å²) < 4.78 is 0. The quantitative estimate of drug-likeness (QED) is 0.710. The molecule has 0 unspecified atom stereocenters. The normalized spacial score (nSPS) is 23.6. The van der Waals surface area contributed by atoms with Crippen LogP contribution >= 0.6 is 11.6 Å². The number of aromatic amines is 1. The average Bonchev–Trinajstić information content (AvgIpc) is 2.27. The molecule has 0 aromatic carbocycles. The van der Waals surface area contributed by atoms with Gasteiger partial charge in [-0.1, -0.05) is 18.0 Å². The Morgan fingerprint density at radius 1 is 1.56 bits per heavy atom. The van der Waals surface area contributed by atoms with Gasteiger partial charge in [0, 0.05) is 18.0 Å². The third kappa shape index (κ3) is 3.22. The molecule has 0 saturated heterocycles. The second-order valence-electron chi connectivity index (χ2n) is 4.53. The van der Waals surface area contributed by atoms with Crippen LogP contribution in [0.15, 0.2) is 10.9 Å². The van der Waals surface area contributed by atoms with Gasteiger partial charge in [-0.3, -0.25) is 9.78 Å². The van der Waals surface area contributed by atoms with Crippen LogP contribution in [0.25, 0.3) is 0 Å². The Morgan fingerprint density at radius 2 is 2.33 bits per heavy atom. The molecule has 7 heteroatoms. The van der Waals surface area contributed by atoms with Crippen molar-refractivity contribution in [2.75, 3.05) is 5.32 Å². The summed E-state index contributed by atoms with van der Waals surface area (Å²) >= 11 is 5.74. The van der Waals surface area contributed by atoms with Crippen molar-refractivity contribution >= 4 is 23.3 Å². The highest BCUT2D eigenvalue weighted by atomic mass is 35.5. The van der Waals surface area contributed by atoms with Gasteiger partial charge in [0.15, 0.2) is 0 Å². The number of nitrogens with two attached hydrogens (primary N) is 1. The van der Waals surface area contributed by atoms with Crippen LogP contribution in [0.1, 0.15) is 25.7 Å². The molecule has 1 aromatic heterocycles. The maximum atomic E-state index is 11.2. The minimum Gasteiger partial charge on any atom is -0.369 e. The highest BCUT2D eigenvalue weighted by molar-refractivity contribution is 6.29. The number of carbonyl (C=O) groups is 1. The van der Waals surface area contributed by atoms with Crippen molar-refractivity contribution in [3.05, 3.63) is 21.7 Å². The van der Waals surface area contributed by atoms with E-state index in [9.17, 15) is 9.59 Å². The van der Waals surface area contributed by atoms with E-state index in [0.717, 1.165) is 19.3 Å². The fourth-order valence-electron chi connectivity index (χ4n) is 2.29. The predicted octanol–water partition coefficient (Wildman–Crippen LogP) is 0.879. The number of aromatic nitrogens is 2. The van der Waals surface area contributed by atoms with E-state index in [0.29, 0.717) is 12.2 Å². The van der Waals surface area contributed by atoms with Crippen molar-refractivity contribution in [1.29, 1.82) is 0 Å². The van der Waals surface area contributed by atoms with E-state index in [1.165, 1.54) is 0 Å². The summed E-state index contributed by atoms with van der Waals surface area (Å²) in [4.78, 5) is 28.5. The molecule has 4 N–H and O–H groups in total. The van der Waals surface area contributed by atoms with Gasteiger partial charge < -0.3 is 11.1 Å². The molecule has 0 bridgehead atoms. The molecule has 1 aliphatic rings. The largest absolute Gasteiger partial charge is 0.369 e. The summed E-state index contributed by atoms with van der Waals surface area (Å²) in [7, 11) is 0. The monoisotopic (exact) mass is 270 g/mol. The Bertz CT molecular complexity index is 502. The first-order valence-electron chi connectivity index (χ1n) is 5.87. The number of anilines is 1. The van der Waals surface area contributed by atoms with Crippen molar-refractivity contribution in [2.24, 2.45) is 11.7 Å².